The van der Waals surface area contributed by atoms with Crippen LogP contribution in [0.4, 0.5) is 0 Å². The van der Waals surface area contributed by atoms with Crippen molar-refractivity contribution in [1.82, 2.24) is 0 Å². The molecular weight excluding hydrogens is 320 g/mol. The SMILES string of the molecule is O=C(O)C(=O)CC(O)c1ccccc1OCc1ccc(Cl)cc1. The summed E-state index contributed by atoms with van der Waals surface area (Å²) in [6, 6.07) is 13.8. The Bertz CT molecular complexity index is 696. The number of ether oxygens (including phenoxy) is 1. The van der Waals surface area contributed by atoms with Crippen molar-refractivity contribution in [2.75, 3.05) is 0 Å². The molecule has 0 heterocycles. The number of carbonyl (C=O) groups excluding carboxylic acids is 1. The molecule has 2 rings (SSSR count). The molecule has 5 nitrogen and oxygen atoms in total. The van der Waals surface area contributed by atoms with Crippen LogP contribution in [0.15, 0.2) is 48.5 Å². The van der Waals surface area contributed by atoms with Gasteiger partial charge in [0.15, 0.2) is 0 Å². The Labute approximate surface area is 138 Å². The predicted molar refractivity (Wildman–Crippen MR) is 84.4 cm³/mol. The molecule has 6 heteroatoms. The number of Topliss-reactive ketones (excluding diaryl/α,β-unsaturated/α-hetero) is 1. The van der Waals surface area contributed by atoms with E-state index in [1.807, 2.05) is 12.1 Å². The zero-order valence-corrected chi connectivity index (χ0v) is 12.9. The van der Waals surface area contributed by atoms with Crippen LogP contribution in [0.25, 0.3) is 0 Å². The molecule has 0 bridgehead atoms. The van der Waals surface area contributed by atoms with Crippen LogP contribution in [-0.2, 0) is 16.2 Å². The predicted octanol–water partition coefficient (Wildman–Crippen LogP) is 3.00. The number of halogens is 1. The van der Waals surface area contributed by atoms with Crippen molar-refractivity contribution in [3.05, 3.63) is 64.7 Å². The van der Waals surface area contributed by atoms with Crippen molar-refractivity contribution in [2.24, 2.45) is 0 Å². The highest BCUT2D eigenvalue weighted by Crippen LogP contribution is 2.28. The molecule has 0 aliphatic heterocycles. The number of aliphatic hydroxyl groups excluding tert-OH is 1. The van der Waals surface area contributed by atoms with Gasteiger partial charge in [-0.1, -0.05) is 41.9 Å². The van der Waals surface area contributed by atoms with Gasteiger partial charge in [0.05, 0.1) is 6.10 Å². The normalized spacial score (nSPS) is 11.7. The number of ketones is 1. The van der Waals surface area contributed by atoms with E-state index < -0.39 is 24.3 Å². The van der Waals surface area contributed by atoms with E-state index in [0.717, 1.165) is 5.56 Å². The number of benzene rings is 2. The molecule has 0 amide bonds. The highest BCUT2D eigenvalue weighted by atomic mass is 35.5. The minimum absolute atomic E-state index is 0.258. The van der Waals surface area contributed by atoms with Crippen LogP contribution in [0.5, 0.6) is 5.75 Å². The highest BCUT2D eigenvalue weighted by Gasteiger charge is 2.21. The monoisotopic (exact) mass is 334 g/mol. The molecule has 120 valence electrons. The van der Waals surface area contributed by atoms with Gasteiger partial charge in [0, 0.05) is 17.0 Å². The second-order valence-electron chi connectivity index (χ2n) is 4.90. The summed E-state index contributed by atoms with van der Waals surface area (Å²) in [5, 5.41) is 19.3. The van der Waals surface area contributed by atoms with Gasteiger partial charge in [-0.25, -0.2) is 4.79 Å². The summed E-state index contributed by atoms with van der Waals surface area (Å²) in [4.78, 5) is 21.8. The van der Waals surface area contributed by atoms with Crippen LogP contribution < -0.4 is 4.74 Å². The van der Waals surface area contributed by atoms with E-state index in [1.165, 1.54) is 0 Å². The van der Waals surface area contributed by atoms with Crippen molar-refractivity contribution < 1.29 is 24.5 Å². The fraction of sp³-hybridized carbons (Fsp3) is 0.176. The Hall–Kier alpha value is -2.37. The van der Waals surface area contributed by atoms with E-state index in [1.54, 1.807) is 36.4 Å². The van der Waals surface area contributed by atoms with Gasteiger partial charge < -0.3 is 14.9 Å². The third kappa shape index (κ3) is 4.81. The molecule has 0 aliphatic carbocycles. The Balaban J connectivity index is 2.09. The average molecular weight is 335 g/mol. The molecule has 0 fully saturated rings. The Morgan fingerprint density at radius 1 is 1.09 bits per heavy atom. The van der Waals surface area contributed by atoms with Crippen LogP contribution in [0.1, 0.15) is 23.7 Å². The third-order valence-corrected chi connectivity index (χ3v) is 3.45. The van der Waals surface area contributed by atoms with E-state index in [-0.39, 0.29) is 6.61 Å². The fourth-order valence-corrected chi connectivity index (χ4v) is 2.13. The van der Waals surface area contributed by atoms with E-state index in [4.69, 9.17) is 21.4 Å². The molecular formula is C17H15ClO5. The largest absolute Gasteiger partial charge is 0.489 e. The number of hydrogen-bond acceptors (Lipinski definition) is 4. The number of carbonyl (C=O) groups is 2. The highest BCUT2D eigenvalue weighted by molar-refractivity contribution is 6.32. The van der Waals surface area contributed by atoms with Crippen LogP contribution in [0.2, 0.25) is 5.02 Å². The molecule has 0 saturated heterocycles. The topological polar surface area (TPSA) is 83.8 Å². The Morgan fingerprint density at radius 3 is 2.39 bits per heavy atom. The second kappa shape index (κ2) is 7.76. The number of aliphatic carboxylic acids is 1. The number of carboxylic acids is 1. The average Bonchev–Trinajstić information content (AvgIpc) is 2.54. The van der Waals surface area contributed by atoms with Gasteiger partial charge >= 0.3 is 5.97 Å². The zero-order chi connectivity index (χ0) is 16.8. The maximum absolute atomic E-state index is 11.2. The number of hydrogen-bond donors (Lipinski definition) is 2. The van der Waals surface area contributed by atoms with Crippen molar-refractivity contribution in [1.29, 1.82) is 0 Å². The number of carboxylic acid groups (broad SMARTS) is 1. The smallest absolute Gasteiger partial charge is 0.372 e. The third-order valence-electron chi connectivity index (χ3n) is 3.20. The first-order chi connectivity index (χ1) is 11.0. The van der Waals surface area contributed by atoms with Crippen LogP contribution in [-0.4, -0.2) is 22.0 Å². The van der Waals surface area contributed by atoms with E-state index >= 15 is 0 Å². The summed E-state index contributed by atoms with van der Waals surface area (Å²) in [5.74, 6) is -2.22. The zero-order valence-electron chi connectivity index (χ0n) is 12.1. The lowest BCUT2D eigenvalue weighted by molar-refractivity contribution is -0.150. The van der Waals surface area contributed by atoms with E-state index in [0.29, 0.717) is 16.3 Å². The molecule has 2 aromatic rings. The first kappa shape index (κ1) is 17.0. The molecule has 1 atom stereocenters. The van der Waals surface area contributed by atoms with Crippen LogP contribution >= 0.6 is 11.6 Å². The lowest BCUT2D eigenvalue weighted by Crippen LogP contribution is -2.16. The summed E-state index contributed by atoms with van der Waals surface area (Å²) in [6.45, 7) is 0.258. The summed E-state index contributed by atoms with van der Waals surface area (Å²) in [7, 11) is 0. The molecule has 2 N–H and O–H groups in total. The van der Waals surface area contributed by atoms with Crippen molar-refractivity contribution in [3.63, 3.8) is 0 Å². The maximum atomic E-state index is 11.2. The maximum Gasteiger partial charge on any atom is 0.372 e. The fourth-order valence-electron chi connectivity index (χ4n) is 2.00. The lowest BCUT2D eigenvalue weighted by atomic mass is 10.0. The van der Waals surface area contributed by atoms with Crippen molar-refractivity contribution >= 4 is 23.4 Å². The van der Waals surface area contributed by atoms with Gasteiger partial charge in [-0.05, 0) is 23.8 Å². The Kier molecular flexibility index (Phi) is 5.73. The number of para-hydroxylation sites is 1. The lowest BCUT2D eigenvalue weighted by Gasteiger charge is -2.15. The van der Waals surface area contributed by atoms with Gasteiger partial charge in [0.25, 0.3) is 0 Å². The van der Waals surface area contributed by atoms with Gasteiger partial charge in [-0.15, -0.1) is 0 Å². The first-order valence-electron chi connectivity index (χ1n) is 6.87. The van der Waals surface area contributed by atoms with Crippen LogP contribution in [0.3, 0.4) is 0 Å². The molecule has 0 aromatic heterocycles. The van der Waals surface area contributed by atoms with Crippen LogP contribution in [0, 0.1) is 0 Å². The molecule has 1 unspecified atom stereocenters. The van der Waals surface area contributed by atoms with E-state index in [2.05, 4.69) is 0 Å². The first-order valence-corrected chi connectivity index (χ1v) is 7.25. The summed E-state index contributed by atoms with van der Waals surface area (Å²) < 4.78 is 5.66. The molecule has 2 aromatic carbocycles. The van der Waals surface area contributed by atoms with Gasteiger partial charge in [-0.2, -0.15) is 0 Å². The standard InChI is InChI=1S/C17H15ClO5/c18-12-7-5-11(6-8-12)10-23-16-4-2-1-3-13(16)14(19)9-15(20)17(21)22/h1-8,14,19H,9-10H2,(H,21,22). The number of rotatable bonds is 7. The van der Waals surface area contributed by atoms with E-state index in [9.17, 15) is 14.7 Å². The minimum atomic E-state index is -1.57. The molecule has 23 heavy (non-hydrogen) atoms. The van der Waals surface area contributed by atoms with Crippen molar-refractivity contribution in [3.8, 4) is 5.75 Å². The Morgan fingerprint density at radius 2 is 1.74 bits per heavy atom. The minimum Gasteiger partial charge on any atom is -0.489 e. The quantitative estimate of drug-likeness (QED) is 0.760. The summed E-state index contributed by atoms with van der Waals surface area (Å²) >= 11 is 5.82. The molecule has 0 radical (unpaired) electrons. The summed E-state index contributed by atoms with van der Waals surface area (Å²) in [6.07, 6.45) is -1.74. The summed E-state index contributed by atoms with van der Waals surface area (Å²) in [5.41, 5.74) is 1.26. The van der Waals surface area contributed by atoms with Crippen molar-refractivity contribution in [2.45, 2.75) is 19.1 Å². The number of aliphatic hydroxyl groups is 1. The molecule has 0 spiro atoms. The van der Waals surface area contributed by atoms with Gasteiger partial charge in [0.1, 0.15) is 12.4 Å². The molecule has 0 saturated carbocycles. The second-order valence-corrected chi connectivity index (χ2v) is 5.34. The molecule has 0 aliphatic rings. The van der Waals surface area contributed by atoms with Gasteiger partial charge in [0.2, 0.25) is 5.78 Å². The van der Waals surface area contributed by atoms with Gasteiger partial charge in [-0.3, -0.25) is 4.79 Å².